The summed E-state index contributed by atoms with van der Waals surface area (Å²) < 4.78 is 1.45. The van der Waals surface area contributed by atoms with Crippen LogP contribution < -0.4 is 4.31 Å². The van der Waals surface area contributed by atoms with Crippen LogP contribution in [0, 0.1) is 0 Å². The second-order valence-corrected chi connectivity index (χ2v) is 4.88. The normalized spacial score (nSPS) is 10.2. The second-order valence-electron chi connectivity index (χ2n) is 3.89. The number of carbonyl (C=O) groups is 1. The highest BCUT2D eigenvalue weighted by molar-refractivity contribution is 8.01. The molecule has 2 N–H and O–H groups in total. The Hall–Kier alpha value is -2.14. The molecule has 2 aromatic rings. The summed E-state index contributed by atoms with van der Waals surface area (Å²) in [6.45, 7) is 1.44. The molecule has 0 aliphatic rings. The average Bonchev–Trinajstić information content (AvgIpc) is 2.39. The number of aromatic hydroxyl groups is 2. The zero-order chi connectivity index (χ0) is 13.8. The number of phenolic OH excluding ortho intramolecular Hbond substituents is 2. The van der Waals surface area contributed by atoms with E-state index in [0.29, 0.717) is 10.6 Å². The van der Waals surface area contributed by atoms with Crippen molar-refractivity contribution in [2.24, 2.45) is 0 Å². The van der Waals surface area contributed by atoms with Gasteiger partial charge in [0.2, 0.25) is 5.91 Å². The number of hydrogen-bond donors (Lipinski definition) is 2. The molecule has 0 aliphatic carbocycles. The lowest BCUT2D eigenvalue weighted by atomic mass is 10.3. The van der Waals surface area contributed by atoms with Gasteiger partial charge >= 0.3 is 0 Å². The Morgan fingerprint density at radius 2 is 1.68 bits per heavy atom. The molecular weight excluding hydrogens is 262 g/mol. The highest BCUT2D eigenvalue weighted by Crippen LogP contribution is 2.34. The van der Waals surface area contributed by atoms with Crippen molar-refractivity contribution in [2.75, 3.05) is 4.31 Å². The highest BCUT2D eigenvalue weighted by Gasteiger charge is 2.15. The van der Waals surface area contributed by atoms with Crippen LogP contribution in [0.3, 0.4) is 0 Å². The maximum Gasteiger partial charge on any atom is 0.234 e. The van der Waals surface area contributed by atoms with Crippen molar-refractivity contribution in [2.45, 2.75) is 11.8 Å². The van der Waals surface area contributed by atoms with Crippen LogP contribution in [0.2, 0.25) is 0 Å². The van der Waals surface area contributed by atoms with E-state index in [9.17, 15) is 15.0 Å². The Bertz CT molecular complexity index is 583. The molecule has 0 spiro atoms. The lowest BCUT2D eigenvalue weighted by Gasteiger charge is -2.20. The molecule has 0 aromatic heterocycles. The fourth-order valence-electron chi connectivity index (χ4n) is 1.52. The van der Waals surface area contributed by atoms with Gasteiger partial charge in [0.05, 0.1) is 10.6 Å². The van der Waals surface area contributed by atoms with Crippen molar-refractivity contribution >= 4 is 23.5 Å². The van der Waals surface area contributed by atoms with E-state index in [1.165, 1.54) is 23.4 Å². The first-order chi connectivity index (χ1) is 9.08. The highest BCUT2D eigenvalue weighted by atomic mass is 32.2. The summed E-state index contributed by atoms with van der Waals surface area (Å²) in [6, 6.07) is 13.1. The summed E-state index contributed by atoms with van der Waals surface area (Å²) in [5.74, 6) is 0.0938. The minimum absolute atomic E-state index is 0.123. The molecule has 2 aromatic carbocycles. The van der Waals surface area contributed by atoms with E-state index in [0.717, 1.165) is 11.9 Å². The van der Waals surface area contributed by atoms with Gasteiger partial charge in [0, 0.05) is 6.92 Å². The van der Waals surface area contributed by atoms with E-state index in [1.807, 2.05) is 0 Å². The molecule has 4 nitrogen and oxygen atoms in total. The van der Waals surface area contributed by atoms with Crippen molar-refractivity contribution < 1.29 is 15.0 Å². The lowest BCUT2D eigenvalue weighted by molar-refractivity contribution is -0.115. The van der Waals surface area contributed by atoms with Crippen molar-refractivity contribution in [1.29, 1.82) is 0 Å². The second kappa shape index (κ2) is 5.67. The van der Waals surface area contributed by atoms with E-state index < -0.39 is 0 Å². The van der Waals surface area contributed by atoms with Crippen LogP contribution in [0.4, 0.5) is 5.69 Å². The van der Waals surface area contributed by atoms with Crippen LogP contribution in [0.15, 0.2) is 53.4 Å². The number of phenols is 2. The van der Waals surface area contributed by atoms with Crippen LogP contribution in [0.5, 0.6) is 11.5 Å². The summed E-state index contributed by atoms with van der Waals surface area (Å²) in [5, 5.41) is 19.0. The molecular formula is C14H13NO3S. The molecule has 0 bridgehead atoms. The van der Waals surface area contributed by atoms with Crippen LogP contribution in [-0.2, 0) is 4.79 Å². The zero-order valence-corrected chi connectivity index (χ0v) is 11.1. The van der Waals surface area contributed by atoms with E-state index in [2.05, 4.69) is 0 Å². The third kappa shape index (κ3) is 3.20. The molecule has 0 radical (unpaired) electrons. The third-order valence-electron chi connectivity index (χ3n) is 2.43. The number of para-hydroxylation sites is 1. The molecule has 0 unspecified atom stereocenters. The third-order valence-corrected chi connectivity index (χ3v) is 3.62. The molecule has 0 heterocycles. The Morgan fingerprint density at radius 1 is 1.05 bits per heavy atom. The van der Waals surface area contributed by atoms with Gasteiger partial charge < -0.3 is 10.2 Å². The number of nitrogens with zero attached hydrogens (tertiary/aromatic N) is 1. The van der Waals surface area contributed by atoms with Gasteiger partial charge in [-0.1, -0.05) is 12.1 Å². The quantitative estimate of drug-likeness (QED) is 0.845. The number of carbonyl (C=O) groups excluding carboxylic acids is 1. The van der Waals surface area contributed by atoms with Crippen molar-refractivity contribution in [3.05, 3.63) is 48.5 Å². The number of benzene rings is 2. The molecule has 0 aliphatic heterocycles. The van der Waals surface area contributed by atoms with Gasteiger partial charge in [-0.05, 0) is 48.3 Å². The number of hydrogen-bond acceptors (Lipinski definition) is 4. The molecule has 19 heavy (non-hydrogen) atoms. The summed E-state index contributed by atoms with van der Waals surface area (Å²) >= 11 is 1.13. The molecule has 2 rings (SSSR count). The van der Waals surface area contributed by atoms with Gasteiger partial charge in [-0.3, -0.25) is 4.79 Å². The average molecular weight is 275 g/mol. The van der Waals surface area contributed by atoms with Crippen molar-refractivity contribution in [3.8, 4) is 11.5 Å². The van der Waals surface area contributed by atoms with Gasteiger partial charge in [-0.25, -0.2) is 4.31 Å². The van der Waals surface area contributed by atoms with E-state index in [4.69, 9.17) is 0 Å². The van der Waals surface area contributed by atoms with Crippen LogP contribution in [0.25, 0.3) is 0 Å². The Kier molecular flexibility index (Phi) is 3.97. The minimum atomic E-state index is -0.168. The Balaban J connectivity index is 2.29. The Morgan fingerprint density at radius 3 is 2.26 bits per heavy atom. The number of amides is 1. The van der Waals surface area contributed by atoms with E-state index in [-0.39, 0.29) is 17.4 Å². The number of anilines is 1. The predicted molar refractivity (Wildman–Crippen MR) is 75.2 cm³/mol. The molecule has 5 heteroatoms. The van der Waals surface area contributed by atoms with Crippen LogP contribution in [-0.4, -0.2) is 16.1 Å². The van der Waals surface area contributed by atoms with E-state index in [1.54, 1.807) is 36.4 Å². The van der Waals surface area contributed by atoms with Crippen molar-refractivity contribution in [3.63, 3.8) is 0 Å². The van der Waals surface area contributed by atoms with Gasteiger partial charge in [0.25, 0.3) is 0 Å². The largest absolute Gasteiger partial charge is 0.508 e. The first kappa shape index (κ1) is 13.3. The summed E-state index contributed by atoms with van der Waals surface area (Å²) in [7, 11) is 0. The van der Waals surface area contributed by atoms with Gasteiger partial charge in [0.15, 0.2) is 0 Å². The fourth-order valence-corrected chi connectivity index (χ4v) is 2.37. The predicted octanol–water partition coefficient (Wildman–Crippen LogP) is 3.16. The first-order valence-corrected chi connectivity index (χ1v) is 6.41. The molecule has 0 atom stereocenters. The molecule has 0 saturated heterocycles. The van der Waals surface area contributed by atoms with Crippen LogP contribution >= 0.6 is 11.9 Å². The smallest absolute Gasteiger partial charge is 0.234 e. The summed E-state index contributed by atoms with van der Waals surface area (Å²) in [5.41, 5.74) is 0.638. The Labute approximate surface area is 115 Å². The molecule has 0 fully saturated rings. The number of rotatable bonds is 3. The summed E-state index contributed by atoms with van der Waals surface area (Å²) in [4.78, 5) is 12.3. The lowest BCUT2D eigenvalue weighted by Crippen LogP contribution is -2.20. The minimum Gasteiger partial charge on any atom is -0.508 e. The first-order valence-electron chi connectivity index (χ1n) is 5.63. The van der Waals surface area contributed by atoms with Gasteiger partial charge in [0.1, 0.15) is 11.5 Å². The maximum atomic E-state index is 11.7. The van der Waals surface area contributed by atoms with E-state index >= 15 is 0 Å². The van der Waals surface area contributed by atoms with Crippen molar-refractivity contribution in [1.82, 2.24) is 0 Å². The fraction of sp³-hybridized carbons (Fsp3) is 0.0714. The SMILES string of the molecule is CC(=O)N(Sc1ccccc1O)c1ccc(O)cc1. The van der Waals surface area contributed by atoms with Gasteiger partial charge in [-0.15, -0.1) is 0 Å². The molecule has 98 valence electrons. The summed E-state index contributed by atoms with van der Waals surface area (Å²) in [6.07, 6.45) is 0. The molecule has 0 saturated carbocycles. The zero-order valence-electron chi connectivity index (χ0n) is 10.3. The van der Waals surface area contributed by atoms with Crippen LogP contribution in [0.1, 0.15) is 6.92 Å². The molecule has 1 amide bonds. The topological polar surface area (TPSA) is 60.8 Å². The maximum absolute atomic E-state index is 11.7. The monoisotopic (exact) mass is 275 g/mol. The van der Waals surface area contributed by atoms with Gasteiger partial charge in [-0.2, -0.15) is 0 Å². The standard InChI is InChI=1S/C14H13NO3S/c1-10(16)15(11-6-8-12(17)9-7-11)19-14-5-3-2-4-13(14)18/h2-9,17-18H,1H3.